The zero-order valence-electron chi connectivity index (χ0n) is 15.7. The van der Waals surface area contributed by atoms with E-state index in [4.69, 9.17) is 0 Å². The maximum Gasteiger partial charge on any atom is 0.405 e. The molecule has 29 heavy (non-hydrogen) atoms. The summed E-state index contributed by atoms with van der Waals surface area (Å²) in [5, 5.41) is 6.19. The Hall–Kier alpha value is -2.91. The van der Waals surface area contributed by atoms with Crippen LogP contribution in [0.3, 0.4) is 0 Å². The molecule has 1 aromatic heterocycles. The van der Waals surface area contributed by atoms with Crippen LogP contribution in [0.4, 0.5) is 17.6 Å². The molecule has 10 heteroatoms. The lowest BCUT2D eigenvalue weighted by Gasteiger charge is -2.31. The van der Waals surface area contributed by atoms with Crippen molar-refractivity contribution < 1.29 is 27.2 Å². The summed E-state index contributed by atoms with van der Waals surface area (Å²) in [6, 6.07) is 7.35. The average Bonchev–Trinajstić information content (AvgIpc) is 3.07. The Balaban J connectivity index is 1.61. The number of rotatable bonds is 4. The summed E-state index contributed by atoms with van der Waals surface area (Å²) in [6.07, 6.45) is -3.87. The topological polar surface area (TPSA) is 67.2 Å². The number of hydrogen-bond donors (Lipinski definition) is 1. The van der Waals surface area contributed by atoms with Crippen LogP contribution in [0.2, 0.25) is 0 Å². The fourth-order valence-electron chi connectivity index (χ4n) is 3.27. The summed E-state index contributed by atoms with van der Waals surface area (Å²) in [5.41, 5.74) is 1.53. The maximum atomic E-state index is 13.1. The number of amides is 2. The van der Waals surface area contributed by atoms with Gasteiger partial charge in [0.1, 0.15) is 18.1 Å². The Morgan fingerprint density at radius 3 is 2.38 bits per heavy atom. The van der Waals surface area contributed by atoms with Crippen LogP contribution < -0.4 is 5.32 Å². The number of nitrogens with one attached hydrogen (secondary N) is 1. The molecule has 0 atom stereocenters. The van der Waals surface area contributed by atoms with Crippen LogP contribution in [0.1, 0.15) is 23.3 Å². The minimum absolute atomic E-state index is 0.264. The van der Waals surface area contributed by atoms with Crippen molar-refractivity contribution in [3.63, 3.8) is 0 Å². The normalized spacial score (nSPS) is 15.4. The molecule has 0 unspecified atom stereocenters. The Morgan fingerprint density at radius 2 is 1.79 bits per heavy atom. The molecule has 0 aliphatic carbocycles. The van der Waals surface area contributed by atoms with E-state index in [2.05, 4.69) is 5.10 Å². The smallest absolute Gasteiger partial charge is 0.347 e. The molecular formula is C19H20F4N4O2. The summed E-state index contributed by atoms with van der Waals surface area (Å²) in [4.78, 5) is 26.2. The Bertz CT molecular complexity index is 885. The van der Waals surface area contributed by atoms with Crippen LogP contribution in [0, 0.1) is 11.7 Å². The average molecular weight is 412 g/mol. The van der Waals surface area contributed by atoms with Gasteiger partial charge in [-0.1, -0.05) is 0 Å². The first-order valence-corrected chi connectivity index (χ1v) is 9.08. The standard InChI is InChI=1S/C19H20F4N4O2/c1-26-16(10-15(25-26)12-2-4-14(20)5-3-12)18(29)27-8-6-13(7-9-27)17(28)24-11-19(21,22)23/h2-5,10,13H,6-9,11H2,1H3,(H,24,28). The van der Waals surface area contributed by atoms with E-state index in [0.717, 1.165) is 0 Å². The maximum absolute atomic E-state index is 13.1. The van der Waals surface area contributed by atoms with Gasteiger partial charge < -0.3 is 10.2 Å². The van der Waals surface area contributed by atoms with Crippen molar-refractivity contribution >= 4 is 11.8 Å². The van der Waals surface area contributed by atoms with Gasteiger partial charge in [-0.15, -0.1) is 0 Å². The number of halogens is 4. The number of likely N-dealkylation sites (tertiary alicyclic amines) is 1. The van der Waals surface area contributed by atoms with E-state index in [1.807, 2.05) is 5.32 Å². The second-order valence-corrected chi connectivity index (χ2v) is 6.94. The van der Waals surface area contributed by atoms with Gasteiger partial charge >= 0.3 is 6.18 Å². The van der Waals surface area contributed by atoms with Gasteiger partial charge in [-0.05, 0) is 43.2 Å². The van der Waals surface area contributed by atoms with Crippen molar-refractivity contribution in [3.8, 4) is 11.3 Å². The van der Waals surface area contributed by atoms with Crippen LogP contribution in [0.5, 0.6) is 0 Å². The first-order chi connectivity index (χ1) is 13.6. The SMILES string of the molecule is Cn1nc(-c2ccc(F)cc2)cc1C(=O)N1CCC(C(=O)NCC(F)(F)F)CC1. The van der Waals surface area contributed by atoms with E-state index in [0.29, 0.717) is 17.0 Å². The van der Waals surface area contributed by atoms with Gasteiger partial charge in [0.2, 0.25) is 5.91 Å². The van der Waals surface area contributed by atoms with E-state index in [9.17, 15) is 27.2 Å². The van der Waals surface area contributed by atoms with Gasteiger partial charge in [-0.3, -0.25) is 14.3 Å². The van der Waals surface area contributed by atoms with Gasteiger partial charge in [0, 0.05) is 31.6 Å². The first-order valence-electron chi connectivity index (χ1n) is 9.08. The number of carbonyl (C=O) groups excluding carboxylic acids is 2. The minimum atomic E-state index is -4.45. The van der Waals surface area contributed by atoms with E-state index < -0.39 is 24.5 Å². The predicted molar refractivity (Wildman–Crippen MR) is 96.3 cm³/mol. The lowest BCUT2D eigenvalue weighted by Crippen LogP contribution is -2.45. The number of alkyl halides is 3. The van der Waals surface area contributed by atoms with E-state index >= 15 is 0 Å². The highest BCUT2D eigenvalue weighted by Gasteiger charge is 2.32. The lowest BCUT2D eigenvalue weighted by atomic mass is 9.95. The van der Waals surface area contributed by atoms with Crippen LogP contribution in [-0.4, -0.2) is 52.3 Å². The molecule has 1 saturated heterocycles. The highest BCUT2D eigenvalue weighted by Crippen LogP contribution is 2.23. The van der Waals surface area contributed by atoms with Crippen molar-refractivity contribution in [3.05, 3.63) is 41.8 Å². The number of benzene rings is 1. The molecule has 1 fully saturated rings. The zero-order valence-corrected chi connectivity index (χ0v) is 15.7. The Kier molecular flexibility index (Phi) is 5.90. The molecule has 156 valence electrons. The zero-order chi connectivity index (χ0) is 21.2. The molecule has 0 saturated carbocycles. The van der Waals surface area contributed by atoms with Crippen molar-refractivity contribution in [2.24, 2.45) is 13.0 Å². The molecule has 2 aromatic rings. The number of aromatic nitrogens is 2. The largest absolute Gasteiger partial charge is 0.405 e. The molecular weight excluding hydrogens is 392 g/mol. The van der Waals surface area contributed by atoms with Crippen LogP contribution in [0.15, 0.2) is 30.3 Å². The molecule has 6 nitrogen and oxygen atoms in total. The summed E-state index contributed by atoms with van der Waals surface area (Å²) < 4.78 is 51.2. The molecule has 1 N–H and O–H groups in total. The first kappa shape index (κ1) is 20.8. The molecule has 0 spiro atoms. The molecule has 0 bridgehead atoms. The van der Waals surface area contributed by atoms with Gasteiger partial charge in [-0.25, -0.2) is 4.39 Å². The molecule has 1 aliphatic rings. The highest BCUT2D eigenvalue weighted by atomic mass is 19.4. The highest BCUT2D eigenvalue weighted by molar-refractivity contribution is 5.94. The van der Waals surface area contributed by atoms with Crippen molar-refractivity contribution in [2.75, 3.05) is 19.6 Å². The predicted octanol–water partition coefficient (Wildman–Crippen LogP) is 2.76. The van der Waals surface area contributed by atoms with Crippen LogP contribution in [-0.2, 0) is 11.8 Å². The van der Waals surface area contributed by atoms with Crippen molar-refractivity contribution in [1.82, 2.24) is 20.0 Å². The molecule has 3 rings (SSSR count). The number of piperidine rings is 1. The van der Waals surface area contributed by atoms with E-state index in [-0.39, 0.29) is 37.7 Å². The summed E-state index contributed by atoms with van der Waals surface area (Å²) in [6.45, 7) is -0.827. The Morgan fingerprint density at radius 1 is 1.17 bits per heavy atom. The number of nitrogens with zero attached hydrogens (tertiary/aromatic N) is 3. The summed E-state index contributed by atoms with van der Waals surface area (Å²) in [7, 11) is 1.62. The van der Waals surface area contributed by atoms with Gasteiger partial charge in [0.15, 0.2) is 0 Å². The summed E-state index contributed by atoms with van der Waals surface area (Å²) >= 11 is 0. The minimum Gasteiger partial charge on any atom is -0.347 e. The van der Waals surface area contributed by atoms with Crippen LogP contribution >= 0.6 is 0 Å². The van der Waals surface area contributed by atoms with Gasteiger partial charge in [-0.2, -0.15) is 18.3 Å². The quantitative estimate of drug-likeness (QED) is 0.786. The second-order valence-electron chi connectivity index (χ2n) is 6.94. The third-order valence-electron chi connectivity index (χ3n) is 4.85. The monoisotopic (exact) mass is 412 g/mol. The lowest BCUT2D eigenvalue weighted by molar-refractivity contribution is -0.141. The molecule has 2 heterocycles. The molecule has 2 amide bonds. The number of carbonyl (C=O) groups is 2. The van der Waals surface area contributed by atoms with Crippen LogP contribution in [0.25, 0.3) is 11.3 Å². The molecule has 1 aromatic carbocycles. The van der Waals surface area contributed by atoms with Gasteiger partial charge in [0.25, 0.3) is 5.91 Å². The second kappa shape index (κ2) is 8.22. The third kappa shape index (κ3) is 5.12. The van der Waals surface area contributed by atoms with Crippen molar-refractivity contribution in [1.29, 1.82) is 0 Å². The molecule has 1 aliphatic heterocycles. The van der Waals surface area contributed by atoms with E-state index in [1.165, 1.54) is 16.8 Å². The number of hydrogen-bond acceptors (Lipinski definition) is 3. The Labute approximate surface area is 164 Å². The van der Waals surface area contributed by atoms with E-state index in [1.54, 1.807) is 30.1 Å². The van der Waals surface area contributed by atoms with Gasteiger partial charge in [0.05, 0.1) is 5.69 Å². The van der Waals surface area contributed by atoms with Crippen molar-refractivity contribution in [2.45, 2.75) is 19.0 Å². The summed E-state index contributed by atoms with van der Waals surface area (Å²) in [5.74, 6) is -1.85. The fraction of sp³-hybridized carbons (Fsp3) is 0.421. The molecule has 0 radical (unpaired) electrons. The number of aryl methyl sites for hydroxylation is 1. The third-order valence-corrected chi connectivity index (χ3v) is 4.85. The fourth-order valence-corrected chi connectivity index (χ4v) is 3.27.